The molecular formula is C27H27N3O2. The van der Waals surface area contributed by atoms with Crippen LogP contribution in [0.3, 0.4) is 0 Å². The molecule has 0 bridgehead atoms. The van der Waals surface area contributed by atoms with Crippen LogP contribution in [0.15, 0.2) is 72.8 Å². The predicted molar refractivity (Wildman–Crippen MR) is 127 cm³/mol. The Hall–Kier alpha value is -3.60. The average molecular weight is 426 g/mol. The number of aromatic nitrogens is 2. The van der Waals surface area contributed by atoms with Gasteiger partial charge < -0.3 is 14.2 Å². The molecular weight excluding hydrogens is 398 g/mol. The smallest absolute Gasteiger partial charge is 0.227 e. The third kappa shape index (κ3) is 3.75. The Labute approximate surface area is 188 Å². The van der Waals surface area contributed by atoms with Gasteiger partial charge in [-0.2, -0.15) is 0 Å². The standard InChI is InChI=1S/C27H27N3O2/c1-3-32-25-11-7-6-10-24(25)29-18-21(16-26(29)31)27-28-22-8-4-5-9-23(22)30(27)17-20-14-12-19(2)13-15-20/h4-15,21H,3,16-18H2,1-2H3. The molecule has 1 atom stereocenters. The van der Waals surface area contributed by atoms with E-state index in [-0.39, 0.29) is 11.8 Å². The number of hydrogen-bond donors (Lipinski definition) is 0. The fraction of sp³-hybridized carbons (Fsp3) is 0.259. The first-order chi connectivity index (χ1) is 15.6. The summed E-state index contributed by atoms with van der Waals surface area (Å²) in [6.45, 7) is 5.95. The second kappa shape index (κ2) is 8.50. The van der Waals surface area contributed by atoms with Crippen molar-refractivity contribution in [2.45, 2.75) is 32.7 Å². The van der Waals surface area contributed by atoms with E-state index < -0.39 is 0 Å². The van der Waals surface area contributed by atoms with Crippen LogP contribution >= 0.6 is 0 Å². The molecule has 5 rings (SSSR count). The zero-order valence-corrected chi connectivity index (χ0v) is 18.5. The van der Waals surface area contributed by atoms with Crippen molar-refractivity contribution in [3.8, 4) is 5.75 Å². The van der Waals surface area contributed by atoms with Crippen LogP contribution in [0.2, 0.25) is 0 Å². The van der Waals surface area contributed by atoms with E-state index in [1.807, 2.05) is 54.3 Å². The van der Waals surface area contributed by atoms with Gasteiger partial charge in [0.05, 0.1) is 23.3 Å². The number of benzene rings is 3. The molecule has 1 aliphatic rings. The van der Waals surface area contributed by atoms with Crippen LogP contribution in [0, 0.1) is 6.92 Å². The summed E-state index contributed by atoms with van der Waals surface area (Å²) < 4.78 is 8.06. The second-order valence-electron chi connectivity index (χ2n) is 8.34. The molecule has 2 heterocycles. The van der Waals surface area contributed by atoms with Gasteiger partial charge in [0.25, 0.3) is 0 Å². The van der Waals surface area contributed by atoms with Gasteiger partial charge in [-0.15, -0.1) is 0 Å². The van der Waals surface area contributed by atoms with Crippen molar-refractivity contribution in [1.82, 2.24) is 9.55 Å². The monoisotopic (exact) mass is 425 g/mol. The molecule has 32 heavy (non-hydrogen) atoms. The van der Waals surface area contributed by atoms with Crippen LogP contribution in [-0.2, 0) is 11.3 Å². The summed E-state index contributed by atoms with van der Waals surface area (Å²) in [5, 5.41) is 0. The zero-order chi connectivity index (χ0) is 22.1. The Balaban J connectivity index is 1.51. The first kappa shape index (κ1) is 20.3. The van der Waals surface area contributed by atoms with E-state index in [2.05, 4.69) is 41.8 Å². The second-order valence-corrected chi connectivity index (χ2v) is 8.34. The van der Waals surface area contributed by atoms with Crippen LogP contribution in [-0.4, -0.2) is 28.6 Å². The van der Waals surface area contributed by atoms with Gasteiger partial charge in [-0.1, -0.05) is 54.1 Å². The van der Waals surface area contributed by atoms with Crippen molar-refractivity contribution in [2.75, 3.05) is 18.1 Å². The van der Waals surface area contributed by atoms with Gasteiger partial charge >= 0.3 is 0 Å². The summed E-state index contributed by atoms with van der Waals surface area (Å²) in [5.41, 5.74) is 5.37. The molecule has 0 aliphatic carbocycles. The minimum absolute atomic E-state index is 0.0232. The van der Waals surface area contributed by atoms with Crippen molar-refractivity contribution in [3.63, 3.8) is 0 Å². The Morgan fingerprint density at radius 3 is 2.56 bits per heavy atom. The van der Waals surface area contributed by atoms with E-state index in [4.69, 9.17) is 9.72 Å². The minimum atomic E-state index is 0.0232. The van der Waals surface area contributed by atoms with Crippen LogP contribution in [0.5, 0.6) is 5.75 Å². The first-order valence-corrected chi connectivity index (χ1v) is 11.2. The molecule has 1 aliphatic heterocycles. The maximum Gasteiger partial charge on any atom is 0.227 e. The number of amides is 1. The number of carbonyl (C=O) groups is 1. The normalized spacial score (nSPS) is 16.1. The Bertz CT molecular complexity index is 1260. The van der Waals surface area contributed by atoms with Gasteiger partial charge in [-0.3, -0.25) is 4.79 Å². The molecule has 4 aromatic rings. The zero-order valence-electron chi connectivity index (χ0n) is 18.5. The van der Waals surface area contributed by atoms with Gasteiger partial charge in [0.1, 0.15) is 11.6 Å². The van der Waals surface area contributed by atoms with E-state index in [0.717, 1.165) is 34.8 Å². The van der Waals surface area contributed by atoms with E-state index in [9.17, 15) is 4.79 Å². The van der Waals surface area contributed by atoms with E-state index >= 15 is 0 Å². The molecule has 1 amide bonds. The van der Waals surface area contributed by atoms with Crippen LogP contribution in [0.25, 0.3) is 11.0 Å². The molecule has 5 heteroatoms. The molecule has 0 N–H and O–H groups in total. The summed E-state index contributed by atoms with van der Waals surface area (Å²) in [6, 6.07) is 24.6. The number of para-hydroxylation sites is 4. The van der Waals surface area contributed by atoms with Crippen LogP contribution < -0.4 is 9.64 Å². The lowest BCUT2D eigenvalue weighted by atomic mass is 10.1. The van der Waals surface area contributed by atoms with Crippen molar-refractivity contribution >= 4 is 22.6 Å². The Kier molecular flexibility index (Phi) is 5.39. The fourth-order valence-electron chi connectivity index (χ4n) is 4.52. The maximum absolute atomic E-state index is 13.1. The highest BCUT2D eigenvalue weighted by Gasteiger charge is 2.36. The number of anilines is 1. The number of nitrogens with zero attached hydrogens (tertiary/aromatic N) is 3. The minimum Gasteiger partial charge on any atom is -0.492 e. The molecule has 5 nitrogen and oxygen atoms in total. The third-order valence-corrected chi connectivity index (χ3v) is 6.09. The predicted octanol–water partition coefficient (Wildman–Crippen LogP) is 5.31. The number of fused-ring (bicyclic) bond motifs is 1. The number of ether oxygens (including phenoxy) is 1. The topological polar surface area (TPSA) is 47.4 Å². The quantitative estimate of drug-likeness (QED) is 0.420. The highest BCUT2D eigenvalue weighted by molar-refractivity contribution is 5.97. The number of carbonyl (C=O) groups excluding carboxylic acids is 1. The van der Waals surface area contributed by atoms with Gasteiger partial charge in [0.15, 0.2) is 0 Å². The lowest BCUT2D eigenvalue weighted by molar-refractivity contribution is -0.117. The highest BCUT2D eigenvalue weighted by Crippen LogP contribution is 2.37. The van der Waals surface area contributed by atoms with E-state index in [0.29, 0.717) is 19.6 Å². The average Bonchev–Trinajstić information content (AvgIpc) is 3.36. The maximum atomic E-state index is 13.1. The fourth-order valence-corrected chi connectivity index (χ4v) is 4.52. The van der Waals surface area contributed by atoms with Gasteiger partial charge in [-0.25, -0.2) is 4.98 Å². The number of imidazole rings is 1. The molecule has 1 aromatic heterocycles. The number of aryl methyl sites for hydroxylation is 1. The molecule has 162 valence electrons. The Morgan fingerprint density at radius 1 is 1.00 bits per heavy atom. The Morgan fingerprint density at radius 2 is 1.75 bits per heavy atom. The number of rotatable bonds is 6. The van der Waals surface area contributed by atoms with E-state index in [1.54, 1.807) is 0 Å². The molecule has 0 radical (unpaired) electrons. The lowest BCUT2D eigenvalue weighted by Crippen LogP contribution is -2.25. The molecule has 1 fully saturated rings. The SMILES string of the molecule is CCOc1ccccc1N1CC(c2nc3ccccc3n2Cc2ccc(C)cc2)CC1=O. The van der Waals surface area contributed by atoms with Crippen LogP contribution in [0.1, 0.15) is 36.2 Å². The van der Waals surface area contributed by atoms with Crippen molar-refractivity contribution in [2.24, 2.45) is 0 Å². The van der Waals surface area contributed by atoms with Gasteiger partial charge in [0, 0.05) is 25.4 Å². The first-order valence-electron chi connectivity index (χ1n) is 11.2. The van der Waals surface area contributed by atoms with Crippen molar-refractivity contribution in [3.05, 3.63) is 89.7 Å². The molecule has 1 saturated heterocycles. The number of hydrogen-bond acceptors (Lipinski definition) is 3. The third-order valence-electron chi connectivity index (χ3n) is 6.09. The summed E-state index contributed by atoms with van der Waals surface area (Å²) in [6.07, 6.45) is 0.442. The molecule has 0 saturated carbocycles. The van der Waals surface area contributed by atoms with Gasteiger partial charge in [-0.05, 0) is 43.7 Å². The summed E-state index contributed by atoms with van der Waals surface area (Å²) in [4.78, 5) is 19.9. The summed E-state index contributed by atoms with van der Waals surface area (Å²) >= 11 is 0. The van der Waals surface area contributed by atoms with Gasteiger partial charge in [0.2, 0.25) is 5.91 Å². The molecule has 1 unspecified atom stereocenters. The largest absolute Gasteiger partial charge is 0.492 e. The van der Waals surface area contributed by atoms with Crippen LogP contribution in [0.4, 0.5) is 5.69 Å². The summed E-state index contributed by atoms with van der Waals surface area (Å²) in [7, 11) is 0. The van der Waals surface area contributed by atoms with Crippen molar-refractivity contribution < 1.29 is 9.53 Å². The molecule has 3 aromatic carbocycles. The van der Waals surface area contributed by atoms with E-state index in [1.165, 1.54) is 11.1 Å². The molecule has 0 spiro atoms. The summed E-state index contributed by atoms with van der Waals surface area (Å²) in [5.74, 6) is 1.85. The van der Waals surface area contributed by atoms with Crippen molar-refractivity contribution in [1.29, 1.82) is 0 Å². The highest BCUT2D eigenvalue weighted by atomic mass is 16.5. The lowest BCUT2D eigenvalue weighted by Gasteiger charge is -2.20.